The Morgan fingerprint density at radius 1 is 1.31 bits per heavy atom. The number of aliphatic hydroxyl groups excluding tert-OH is 1. The first-order valence-electron chi connectivity index (χ1n) is 6.16. The monoisotopic (exact) mass is 260 g/mol. The Morgan fingerprint density at radius 3 is 2.38 bits per heavy atom. The van der Waals surface area contributed by atoms with Gasteiger partial charge in [-0.1, -0.05) is 33.0 Å². The standard InChI is InChI=1S/C13H25ClOSi/c1-5-9-12(15)13(16(2,3)4)10-7-6-8-11-14/h12-13,15H,5-6,8-9,11H2,1-4H3/t12-,13-/m0/s1. The van der Waals surface area contributed by atoms with Gasteiger partial charge in [-0.3, -0.25) is 0 Å². The summed E-state index contributed by atoms with van der Waals surface area (Å²) in [5.41, 5.74) is 0.197. The van der Waals surface area contributed by atoms with Crippen LogP contribution in [0.3, 0.4) is 0 Å². The molecule has 0 heterocycles. The van der Waals surface area contributed by atoms with E-state index in [1.807, 2.05) is 0 Å². The van der Waals surface area contributed by atoms with Crippen LogP contribution in [0.4, 0.5) is 0 Å². The maximum absolute atomic E-state index is 10.1. The van der Waals surface area contributed by atoms with Gasteiger partial charge in [-0.05, 0) is 12.8 Å². The van der Waals surface area contributed by atoms with Crippen LogP contribution in [0.15, 0.2) is 0 Å². The molecule has 0 aliphatic carbocycles. The molecule has 0 aliphatic heterocycles. The molecule has 1 nitrogen and oxygen atoms in total. The quantitative estimate of drug-likeness (QED) is 0.333. The lowest BCUT2D eigenvalue weighted by Gasteiger charge is -2.28. The SMILES string of the molecule is CCC[C@H](O)[C@H](C#CCCCCl)[Si](C)(C)C. The lowest BCUT2D eigenvalue weighted by molar-refractivity contribution is 0.167. The zero-order valence-corrected chi connectivity index (χ0v) is 12.8. The predicted octanol–water partition coefficient (Wildman–Crippen LogP) is 3.88. The van der Waals surface area contributed by atoms with Crippen molar-refractivity contribution < 1.29 is 5.11 Å². The number of hydrogen-bond donors (Lipinski definition) is 1. The van der Waals surface area contributed by atoms with Gasteiger partial charge < -0.3 is 5.11 Å². The molecule has 0 saturated heterocycles. The van der Waals surface area contributed by atoms with Crippen molar-refractivity contribution >= 4 is 19.7 Å². The van der Waals surface area contributed by atoms with Crippen LogP contribution >= 0.6 is 11.6 Å². The Morgan fingerprint density at radius 2 is 1.94 bits per heavy atom. The minimum Gasteiger partial charge on any atom is -0.392 e. The highest BCUT2D eigenvalue weighted by Gasteiger charge is 2.30. The molecule has 0 aromatic rings. The summed E-state index contributed by atoms with van der Waals surface area (Å²) in [7, 11) is -1.40. The van der Waals surface area contributed by atoms with Gasteiger partial charge in [0.25, 0.3) is 0 Å². The maximum atomic E-state index is 10.1. The minimum atomic E-state index is -1.40. The predicted molar refractivity (Wildman–Crippen MR) is 75.7 cm³/mol. The molecule has 16 heavy (non-hydrogen) atoms. The largest absolute Gasteiger partial charge is 0.392 e. The fourth-order valence-corrected chi connectivity index (χ4v) is 3.68. The van der Waals surface area contributed by atoms with Gasteiger partial charge in [0.05, 0.1) is 14.2 Å². The first kappa shape index (κ1) is 16.0. The van der Waals surface area contributed by atoms with Crippen LogP contribution in [0, 0.1) is 11.8 Å². The molecule has 0 spiro atoms. The summed E-state index contributed by atoms with van der Waals surface area (Å²) in [6, 6.07) is 0. The fraction of sp³-hybridized carbons (Fsp3) is 0.846. The lowest BCUT2D eigenvalue weighted by atomic mass is 10.1. The summed E-state index contributed by atoms with van der Waals surface area (Å²) in [6.07, 6.45) is 3.42. The topological polar surface area (TPSA) is 20.2 Å². The van der Waals surface area contributed by atoms with Gasteiger partial charge in [-0.25, -0.2) is 0 Å². The van der Waals surface area contributed by atoms with Crippen molar-refractivity contribution in [3.63, 3.8) is 0 Å². The second-order valence-corrected chi connectivity index (χ2v) is 11.0. The molecule has 0 fully saturated rings. The number of aliphatic hydroxyl groups is 1. The Balaban J connectivity index is 4.47. The molecule has 0 radical (unpaired) electrons. The van der Waals surface area contributed by atoms with E-state index >= 15 is 0 Å². The van der Waals surface area contributed by atoms with E-state index in [9.17, 15) is 5.11 Å². The van der Waals surface area contributed by atoms with E-state index in [2.05, 4.69) is 38.4 Å². The Kier molecular flexibility index (Phi) is 8.18. The highest BCUT2D eigenvalue weighted by molar-refractivity contribution is 6.78. The molecule has 0 aromatic carbocycles. The first-order valence-corrected chi connectivity index (χ1v) is 10.3. The third-order valence-corrected chi connectivity index (χ3v) is 5.26. The van der Waals surface area contributed by atoms with Gasteiger partial charge in [0.15, 0.2) is 0 Å². The van der Waals surface area contributed by atoms with Crippen molar-refractivity contribution in [2.45, 2.75) is 63.9 Å². The van der Waals surface area contributed by atoms with E-state index in [1.165, 1.54) is 0 Å². The number of hydrogen-bond acceptors (Lipinski definition) is 1. The Bertz CT molecular complexity index is 237. The molecule has 0 bridgehead atoms. The van der Waals surface area contributed by atoms with E-state index < -0.39 is 8.07 Å². The van der Waals surface area contributed by atoms with Crippen LogP contribution in [-0.4, -0.2) is 25.2 Å². The molecule has 2 atom stereocenters. The molecular formula is C13H25ClOSi. The first-order chi connectivity index (χ1) is 7.43. The van der Waals surface area contributed by atoms with Crippen molar-refractivity contribution in [1.82, 2.24) is 0 Å². The summed E-state index contributed by atoms with van der Waals surface area (Å²) in [6.45, 7) is 8.91. The van der Waals surface area contributed by atoms with Gasteiger partial charge in [0, 0.05) is 17.8 Å². The number of halogens is 1. The minimum absolute atomic E-state index is 0.197. The van der Waals surface area contributed by atoms with E-state index in [1.54, 1.807) is 0 Å². The van der Waals surface area contributed by atoms with Crippen LogP contribution in [0.2, 0.25) is 25.2 Å². The molecule has 0 unspecified atom stereocenters. The van der Waals surface area contributed by atoms with Crippen LogP contribution in [-0.2, 0) is 0 Å². The van der Waals surface area contributed by atoms with E-state index in [0.717, 1.165) is 25.7 Å². The summed E-state index contributed by atoms with van der Waals surface area (Å²) in [4.78, 5) is 0. The van der Waals surface area contributed by atoms with Crippen molar-refractivity contribution in [2.24, 2.45) is 0 Å². The van der Waals surface area contributed by atoms with E-state index in [0.29, 0.717) is 5.88 Å². The van der Waals surface area contributed by atoms with Gasteiger partial charge >= 0.3 is 0 Å². The van der Waals surface area contributed by atoms with Gasteiger partial charge in [0.1, 0.15) is 0 Å². The highest BCUT2D eigenvalue weighted by atomic mass is 35.5. The zero-order chi connectivity index (χ0) is 12.6. The molecule has 94 valence electrons. The second-order valence-electron chi connectivity index (χ2n) is 5.31. The Hall–Kier alpha value is 0.0269. The maximum Gasteiger partial charge on any atom is 0.0652 e. The van der Waals surface area contributed by atoms with Crippen molar-refractivity contribution in [1.29, 1.82) is 0 Å². The van der Waals surface area contributed by atoms with Crippen molar-refractivity contribution in [3.05, 3.63) is 0 Å². The fourth-order valence-electron chi connectivity index (χ4n) is 1.69. The number of rotatable bonds is 6. The molecule has 0 saturated carbocycles. The summed E-state index contributed by atoms with van der Waals surface area (Å²) in [5, 5.41) is 10.1. The number of unbranched alkanes of at least 4 members (excludes halogenated alkanes) is 1. The van der Waals surface area contributed by atoms with E-state index in [-0.39, 0.29) is 11.6 Å². The zero-order valence-electron chi connectivity index (χ0n) is 11.0. The van der Waals surface area contributed by atoms with Crippen LogP contribution in [0.1, 0.15) is 32.6 Å². The second kappa shape index (κ2) is 8.17. The average molecular weight is 261 g/mol. The molecule has 0 aromatic heterocycles. The molecule has 0 amide bonds. The van der Waals surface area contributed by atoms with Gasteiger partial charge in [-0.15, -0.1) is 23.4 Å². The lowest BCUT2D eigenvalue weighted by Crippen LogP contribution is -2.35. The Labute approximate surface area is 107 Å². The van der Waals surface area contributed by atoms with Gasteiger partial charge in [0.2, 0.25) is 0 Å². The molecule has 0 rings (SSSR count). The normalized spacial score (nSPS) is 15.1. The molecule has 0 aliphatic rings. The number of alkyl halides is 1. The van der Waals surface area contributed by atoms with Crippen molar-refractivity contribution in [2.75, 3.05) is 5.88 Å². The summed E-state index contributed by atoms with van der Waals surface area (Å²) >= 11 is 5.61. The summed E-state index contributed by atoms with van der Waals surface area (Å²) < 4.78 is 0. The van der Waals surface area contributed by atoms with Crippen LogP contribution in [0.5, 0.6) is 0 Å². The van der Waals surface area contributed by atoms with Crippen molar-refractivity contribution in [3.8, 4) is 11.8 Å². The third kappa shape index (κ3) is 6.58. The van der Waals surface area contributed by atoms with Gasteiger partial charge in [-0.2, -0.15) is 0 Å². The summed E-state index contributed by atoms with van der Waals surface area (Å²) in [5.74, 6) is 7.13. The molecule has 3 heteroatoms. The van der Waals surface area contributed by atoms with Crippen LogP contribution in [0.25, 0.3) is 0 Å². The molecule has 1 N–H and O–H groups in total. The van der Waals surface area contributed by atoms with E-state index in [4.69, 9.17) is 11.6 Å². The highest BCUT2D eigenvalue weighted by Crippen LogP contribution is 2.27. The van der Waals surface area contributed by atoms with Crippen LogP contribution < -0.4 is 0 Å². The molecular weight excluding hydrogens is 236 g/mol. The third-order valence-electron chi connectivity index (χ3n) is 2.60. The smallest absolute Gasteiger partial charge is 0.0652 e. The average Bonchev–Trinajstić information content (AvgIpc) is 2.16.